The summed E-state index contributed by atoms with van der Waals surface area (Å²) < 4.78 is 45.0. The van der Waals surface area contributed by atoms with Crippen molar-refractivity contribution in [1.29, 1.82) is 0 Å². The van der Waals surface area contributed by atoms with Gasteiger partial charge in [-0.25, -0.2) is 4.98 Å². The predicted molar refractivity (Wildman–Crippen MR) is 88.2 cm³/mol. The number of ether oxygens (including phenoxy) is 1. The summed E-state index contributed by atoms with van der Waals surface area (Å²) in [7, 11) is 0. The number of aromatic nitrogens is 3. The van der Waals surface area contributed by atoms with Crippen molar-refractivity contribution in [2.45, 2.75) is 13.1 Å². The van der Waals surface area contributed by atoms with Gasteiger partial charge in [0, 0.05) is 30.1 Å². The average Bonchev–Trinajstić information content (AvgIpc) is 2.63. The first-order chi connectivity index (χ1) is 12.7. The molecule has 0 aliphatic rings. The van der Waals surface area contributed by atoms with E-state index in [1.807, 2.05) is 0 Å². The molecule has 0 saturated heterocycles. The molecular weight excluding hydrogens is 365 g/mol. The number of non-ortho nitro benzene ring substituents is 1. The van der Waals surface area contributed by atoms with Crippen LogP contribution in [0.5, 0.6) is 11.6 Å². The minimum absolute atomic E-state index is 0.0247. The van der Waals surface area contributed by atoms with Crippen LogP contribution in [0.25, 0.3) is 11.4 Å². The summed E-state index contributed by atoms with van der Waals surface area (Å²) >= 11 is 0. The average molecular weight is 376 g/mol. The molecule has 3 rings (SSSR count). The third-order valence-corrected chi connectivity index (χ3v) is 3.53. The first kappa shape index (κ1) is 18.2. The lowest BCUT2D eigenvalue weighted by Crippen LogP contribution is -2.10. The van der Waals surface area contributed by atoms with Crippen molar-refractivity contribution >= 4 is 5.69 Å². The van der Waals surface area contributed by atoms with Crippen molar-refractivity contribution in [3.05, 3.63) is 70.2 Å². The highest BCUT2D eigenvalue weighted by molar-refractivity contribution is 5.55. The van der Waals surface area contributed by atoms with Crippen molar-refractivity contribution in [3.8, 4) is 23.0 Å². The molecule has 2 aromatic heterocycles. The third kappa shape index (κ3) is 4.17. The first-order valence-corrected chi connectivity index (χ1v) is 7.53. The van der Waals surface area contributed by atoms with Crippen LogP contribution in [-0.2, 0) is 6.18 Å². The van der Waals surface area contributed by atoms with Crippen LogP contribution >= 0.6 is 0 Å². The van der Waals surface area contributed by atoms with Crippen molar-refractivity contribution in [3.63, 3.8) is 0 Å². The number of nitro benzene ring substituents is 1. The largest absolute Gasteiger partial charge is 0.438 e. The van der Waals surface area contributed by atoms with Gasteiger partial charge < -0.3 is 4.74 Å². The first-order valence-electron chi connectivity index (χ1n) is 7.53. The van der Waals surface area contributed by atoms with Crippen molar-refractivity contribution < 1.29 is 22.8 Å². The Kier molecular flexibility index (Phi) is 4.72. The molecule has 0 radical (unpaired) electrons. The number of hydrogen-bond donors (Lipinski definition) is 0. The molecular formula is C17H11F3N4O3. The number of pyridine rings is 1. The highest BCUT2D eigenvalue weighted by atomic mass is 19.4. The topological polar surface area (TPSA) is 91.0 Å². The lowest BCUT2D eigenvalue weighted by molar-refractivity contribution is -0.384. The van der Waals surface area contributed by atoms with Crippen LogP contribution in [0, 0.1) is 17.0 Å². The molecule has 0 N–H and O–H groups in total. The summed E-state index contributed by atoms with van der Waals surface area (Å²) in [4.78, 5) is 21.6. The van der Waals surface area contributed by atoms with Gasteiger partial charge in [-0.3, -0.25) is 15.1 Å². The number of benzene rings is 1. The third-order valence-electron chi connectivity index (χ3n) is 3.53. The Balaban J connectivity index is 2.08. The Morgan fingerprint density at radius 2 is 1.78 bits per heavy atom. The van der Waals surface area contributed by atoms with E-state index in [-0.39, 0.29) is 23.1 Å². The maximum Gasteiger partial charge on any atom is 0.433 e. The smallest absolute Gasteiger partial charge is 0.433 e. The summed E-state index contributed by atoms with van der Waals surface area (Å²) in [5.41, 5.74) is -0.632. The van der Waals surface area contributed by atoms with E-state index in [0.29, 0.717) is 17.2 Å². The van der Waals surface area contributed by atoms with E-state index in [2.05, 4.69) is 15.0 Å². The molecule has 0 saturated carbocycles. The zero-order valence-electron chi connectivity index (χ0n) is 13.8. The van der Waals surface area contributed by atoms with Crippen molar-refractivity contribution in [2.75, 3.05) is 0 Å². The quantitative estimate of drug-likeness (QED) is 0.489. The zero-order valence-corrected chi connectivity index (χ0v) is 13.8. The monoisotopic (exact) mass is 376 g/mol. The number of alkyl halides is 3. The molecule has 1 aromatic carbocycles. The number of hydrogen-bond acceptors (Lipinski definition) is 6. The Morgan fingerprint density at radius 3 is 2.41 bits per heavy atom. The minimum Gasteiger partial charge on any atom is -0.438 e. The van der Waals surface area contributed by atoms with Crippen molar-refractivity contribution in [1.82, 2.24) is 15.0 Å². The summed E-state index contributed by atoms with van der Waals surface area (Å²) in [5.74, 6) is -0.560. The molecule has 138 valence electrons. The SMILES string of the molecule is Cc1ccc([N+](=O)[O-])cc1Oc1cc(C(F)(F)F)nc(-c2ccncc2)n1. The molecule has 7 nitrogen and oxygen atoms in total. The van der Waals surface area contributed by atoms with E-state index in [1.165, 1.54) is 36.7 Å². The van der Waals surface area contributed by atoms with Gasteiger partial charge in [-0.05, 0) is 30.7 Å². The van der Waals surface area contributed by atoms with Gasteiger partial charge in [0.1, 0.15) is 5.75 Å². The second-order valence-corrected chi connectivity index (χ2v) is 5.46. The highest BCUT2D eigenvalue weighted by Gasteiger charge is 2.34. The Bertz CT molecular complexity index is 994. The summed E-state index contributed by atoms with van der Waals surface area (Å²) in [6.07, 6.45) is -1.94. The Labute approximate surface area is 150 Å². The van der Waals surface area contributed by atoms with E-state index in [4.69, 9.17) is 4.74 Å². The number of nitrogens with zero attached hydrogens (tertiary/aromatic N) is 4. The molecule has 2 heterocycles. The molecule has 0 atom stereocenters. The molecule has 0 bridgehead atoms. The molecule has 0 aliphatic carbocycles. The fourth-order valence-corrected chi connectivity index (χ4v) is 2.18. The Morgan fingerprint density at radius 1 is 1.07 bits per heavy atom. The van der Waals surface area contributed by atoms with Crippen LogP contribution in [0.3, 0.4) is 0 Å². The van der Waals surface area contributed by atoms with Gasteiger partial charge in [-0.2, -0.15) is 18.2 Å². The van der Waals surface area contributed by atoms with Crippen LogP contribution in [-0.4, -0.2) is 19.9 Å². The fourth-order valence-electron chi connectivity index (χ4n) is 2.18. The number of halogens is 3. The van der Waals surface area contributed by atoms with E-state index >= 15 is 0 Å². The molecule has 3 aromatic rings. The van der Waals surface area contributed by atoms with Gasteiger partial charge in [0.2, 0.25) is 5.88 Å². The molecule has 0 aliphatic heterocycles. The lowest BCUT2D eigenvalue weighted by atomic mass is 10.2. The van der Waals surface area contributed by atoms with E-state index in [1.54, 1.807) is 6.92 Å². The standard InChI is InChI=1S/C17H11F3N4O3/c1-10-2-3-12(24(25)26)8-13(10)27-15-9-14(17(18,19)20)22-16(23-15)11-4-6-21-7-5-11/h2-9H,1H3. The minimum atomic E-state index is -4.72. The number of rotatable bonds is 4. The second kappa shape index (κ2) is 6.98. The van der Waals surface area contributed by atoms with E-state index in [9.17, 15) is 23.3 Å². The van der Waals surface area contributed by atoms with E-state index < -0.39 is 16.8 Å². The number of aryl methyl sites for hydroxylation is 1. The molecule has 27 heavy (non-hydrogen) atoms. The van der Waals surface area contributed by atoms with E-state index in [0.717, 1.165) is 6.07 Å². The van der Waals surface area contributed by atoms with Crippen molar-refractivity contribution in [2.24, 2.45) is 0 Å². The molecule has 0 spiro atoms. The normalized spacial score (nSPS) is 11.3. The van der Waals surface area contributed by atoms with Gasteiger partial charge >= 0.3 is 6.18 Å². The molecule has 0 fully saturated rings. The maximum absolute atomic E-state index is 13.2. The lowest BCUT2D eigenvalue weighted by Gasteiger charge is -2.12. The molecule has 10 heteroatoms. The summed E-state index contributed by atoms with van der Waals surface area (Å²) in [6.45, 7) is 1.61. The fraction of sp³-hybridized carbons (Fsp3) is 0.118. The van der Waals surface area contributed by atoms with Crippen LogP contribution in [0.15, 0.2) is 48.8 Å². The highest BCUT2D eigenvalue weighted by Crippen LogP contribution is 2.34. The molecule has 0 unspecified atom stereocenters. The van der Waals surface area contributed by atoms with Gasteiger partial charge in [-0.1, -0.05) is 0 Å². The summed E-state index contributed by atoms with van der Waals surface area (Å²) in [6, 6.07) is 7.38. The van der Waals surface area contributed by atoms with Gasteiger partial charge in [0.05, 0.1) is 11.0 Å². The van der Waals surface area contributed by atoms with Gasteiger partial charge in [0.25, 0.3) is 5.69 Å². The maximum atomic E-state index is 13.2. The number of nitro groups is 1. The van der Waals surface area contributed by atoms with Gasteiger partial charge in [-0.15, -0.1) is 0 Å². The van der Waals surface area contributed by atoms with Crippen LogP contribution in [0.2, 0.25) is 0 Å². The van der Waals surface area contributed by atoms with Gasteiger partial charge in [0.15, 0.2) is 11.5 Å². The summed E-state index contributed by atoms with van der Waals surface area (Å²) in [5, 5.41) is 10.9. The predicted octanol–water partition coefficient (Wildman–Crippen LogP) is 4.57. The van der Waals surface area contributed by atoms with Crippen LogP contribution in [0.1, 0.15) is 11.3 Å². The second-order valence-electron chi connectivity index (χ2n) is 5.46. The van der Waals surface area contributed by atoms with Crippen LogP contribution in [0.4, 0.5) is 18.9 Å². The Hall–Kier alpha value is -3.56. The molecule has 0 amide bonds. The zero-order chi connectivity index (χ0) is 19.6. The van der Waals surface area contributed by atoms with Crippen LogP contribution < -0.4 is 4.74 Å².